The van der Waals surface area contributed by atoms with Crippen molar-refractivity contribution in [1.82, 2.24) is 10.4 Å². The molecule has 2 aromatic rings. The summed E-state index contributed by atoms with van der Waals surface area (Å²) in [6, 6.07) is 13.2. The summed E-state index contributed by atoms with van der Waals surface area (Å²) in [6.07, 6.45) is 3.32. The lowest BCUT2D eigenvalue weighted by atomic mass is 10.2. The van der Waals surface area contributed by atoms with E-state index < -0.39 is 0 Å². The number of nitrogens with one attached hydrogen (secondary N) is 1. The fourth-order valence-corrected chi connectivity index (χ4v) is 2.63. The molecule has 0 aliphatic carbocycles. The zero-order chi connectivity index (χ0) is 18.1. The topological polar surface area (TPSA) is 63.6 Å². The molecule has 132 valence electrons. The highest BCUT2D eigenvalue weighted by Gasteiger charge is 2.13. The highest BCUT2D eigenvalue weighted by atomic mass is 32.2. The monoisotopic (exact) mass is 357 g/mol. The predicted molar refractivity (Wildman–Crippen MR) is 102 cm³/mol. The quantitative estimate of drug-likeness (QED) is 0.444. The molecule has 1 aromatic heterocycles. The highest BCUT2D eigenvalue weighted by molar-refractivity contribution is 8.00. The Kier molecular flexibility index (Phi) is 7.47. The number of carbonyl (C=O) groups excluding carboxylic acids is 1. The molecule has 0 saturated carbocycles. The fourth-order valence-electron chi connectivity index (χ4n) is 1.83. The summed E-state index contributed by atoms with van der Waals surface area (Å²) in [7, 11) is 0. The van der Waals surface area contributed by atoms with Crippen LogP contribution in [0.1, 0.15) is 26.3 Å². The Morgan fingerprint density at radius 2 is 2.00 bits per heavy atom. The number of rotatable bonds is 8. The van der Waals surface area contributed by atoms with Gasteiger partial charge in [0.2, 0.25) is 0 Å². The molecule has 5 nitrogen and oxygen atoms in total. The van der Waals surface area contributed by atoms with Crippen LogP contribution in [0.25, 0.3) is 0 Å². The number of carbonyl (C=O) groups is 1. The fraction of sp³-hybridized carbons (Fsp3) is 0.316. The van der Waals surface area contributed by atoms with E-state index in [4.69, 9.17) is 4.74 Å². The van der Waals surface area contributed by atoms with Gasteiger partial charge < -0.3 is 4.74 Å². The van der Waals surface area contributed by atoms with Crippen molar-refractivity contribution in [2.45, 2.75) is 31.0 Å². The van der Waals surface area contributed by atoms with Gasteiger partial charge in [0.15, 0.2) is 0 Å². The van der Waals surface area contributed by atoms with E-state index in [0.29, 0.717) is 12.5 Å². The second kappa shape index (κ2) is 9.84. The normalized spacial score (nSPS) is 12.3. The summed E-state index contributed by atoms with van der Waals surface area (Å²) >= 11 is 1.39. The number of nitrogens with zero attached hydrogens (tertiary/aromatic N) is 2. The minimum absolute atomic E-state index is 0.163. The van der Waals surface area contributed by atoms with Crippen LogP contribution in [0, 0.1) is 5.92 Å². The van der Waals surface area contributed by atoms with Crippen molar-refractivity contribution in [3.63, 3.8) is 0 Å². The summed E-state index contributed by atoms with van der Waals surface area (Å²) in [5.74, 6) is 1.15. The van der Waals surface area contributed by atoms with Crippen LogP contribution in [0.2, 0.25) is 0 Å². The minimum atomic E-state index is -0.279. The Morgan fingerprint density at radius 3 is 2.64 bits per heavy atom. The third kappa shape index (κ3) is 6.97. The number of ether oxygens (including phenoxy) is 1. The molecular formula is C19H23N3O2S. The van der Waals surface area contributed by atoms with E-state index in [9.17, 15) is 4.79 Å². The molecule has 1 unspecified atom stereocenters. The molecule has 0 spiro atoms. The molecule has 0 saturated heterocycles. The van der Waals surface area contributed by atoms with Crippen LogP contribution in [0.3, 0.4) is 0 Å². The zero-order valence-electron chi connectivity index (χ0n) is 14.7. The van der Waals surface area contributed by atoms with Gasteiger partial charge in [-0.05, 0) is 54.8 Å². The van der Waals surface area contributed by atoms with Gasteiger partial charge in [0, 0.05) is 6.20 Å². The van der Waals surface area contributed by atoms with Crippen molar-refractivity contribution in [1.29, 1.82) is 0 Å². The molecule has 1 atom stereocenters. The van der Waals surface area contributed by atoms with E-state index in [1.54, 1.807) is 12.4 Å². The van der Waals surface area contributed by atoms with Crippen LogP contribution in [-0.2, 0) is 4.79 Å². The van der Waals surface area contributed by atoms with Crippen molar-refractivity contribution in [3.8, 4) is 5.75 Å². The SMILES string of the molecule is CC(C)COc1ccc(C=NNC(=O)C(C)Sc2ccccn2)cc1. The number of benzene rings is 1. The van der Waals surface area contributed by atoms with Crippen molar-refractivity contribution >= 4 is 23.9 Å². The summed E-state index contributed by atoms with van der Waals surface area (Å²) in [6.45, 7) is 6.73. The number of pyridine rings is 1. The molecule has 1 heterocycles. The molecular weight excluding hydrogens is 334 g/mol. The zero-order valence-corrected chi connectivity index (χ0v) is 15.5. The van der Waals surface area contributed by atoms with Gasteiger partial charge in [-0.25, -0.2) is 10.4 Å². The maximum atomic E-state index is 12.0. The summed E-state index contributed by atoms with van der Waals surface area (Å²) in [5.41, 5.74) is 3.45. The van der Waals surface area contributed by atoms with Crippen LogP contribution in [0.15, 0.2) is 58.8 Å². The molecule has 0 radical (unpaired) electrons. The molecule has 25 heavy (non-hydrogen) atoms. The third-order valence-corrected chi connectivity index (χ3v) is 4.21. The molecule has 1 N–H and O–H groups in total. The van der Waals surface area contributed by atoms with Crippen molar-refractivity contribution in [2.75, 3.05) is 6.61 Å². The Morgan fingerprint density at radius 1 is 1.24 bits per heavy atom. The van der Waals surface area contributed by atoms with Crippen LogP contribution in [0.5, 0.6) is 5.75 Å². The summed E-state index contributed by atoms with van der Waals surface area (Å²) in [5, 5.41) is 4.54. The summed E-state index contributed by atoms with van der Waals surface area (Å²) < 4.78 is 5.63. The van der Waals surface area contributed by atoms with Gasteiger partial charge in [0.25, 0.3) is 5.91 Å². The van der Waals surface area contributed by atoms with Crippen molar-refractivity contribution in [2.24, 2.45) is 11.0 Å². The van der Waals surface area contributed by atoms with Crippen molar-refractivity contribution in [3.05, 3.63) is 54.2 Å². The minimum Gasteiger partial charge on any atom is -0.493 e. The molecule has 1 amide bonds. The second-order valence-corrected chi connectivity index (χ2v) is 7.30. The standard InChI is InChI=1S/C19H23N3O2S/c1-14(2)13-24-17-9-7-16(8-10-17)12-21-22-19(23)15(3)25-18-6-4-5-11-20-18/h4-12,14-15H,13H2,1-3H3,(H,22,23). The molecule has 2 rings (SSSR count). The van der Waals surface area contributed by atoms with E-state index in [1.807, 2.05) is 49.4 Å². The van der Waals surface area contributed by atoms with Crippen LogP contribution in [-0.4, -0.2) is 29.0 Å². The number of thioether (sulfide) groups is 1. The number of amides is 1. The second-order valence-electron chi connectivity index (χ2n) is 5.94. The van der Waals surface area contributed by atoms with Crippen LogP contribution in [0.4, 0.5) is 0 Å². The van der Waals surface area contributed by atoms with Gasteiger partial charge in [-0.1, -0.05) is 31.7 Å². The van der Waals surface area contributed by atoms with Gasteiger partial charge >= 0.3 is 0 Å². The van der Waals surface area contributed by atoms with E-state index in [0.717, 1.165) is 16.3 Å². The van der Waals surface area contributed by atoms with E-state index in [2.05, 4.69) is 29.4 Å². The predicted octanol–water partition coefficient (Wildman–Crippen LogP) is 3.75. The highest BCUT2D eigenvalue weighted by Crippen LogP contribution is 2.20. The average Bonchev–Trinajstić information content (AvgIpc) is 2.61. The van der Waals surface area contributed by atoms with Crippen molar-refractivity contribution < 1.29 is 9.53 Å². The Hall–Kier alpha value is -2.34. The molecule has 0 aliphatic rings. The Bertz CT molecular complexity index is 688. The molecule has 1 aromatic carbocycles. The lowest BCUT2D eigenvalue weighted by Gasteiger charge is -2.09. The summed E-state index contributed by atoms with van der Waals surface area (Å²) in [4.78, 5) is 16.2. The van der Waals surface area contributed by atoms with Gasteiger partial charge in [-0.15, -0.1) is 0 Å². The first kappa shape index (κ1) is 19.0. The first-order chi connectivity index (χ1) is 12.0. The average molecular weight is 357 g/mol. The Labute approximate surface area is 152 Å². The third-order valence-electron chi connectivity index (χ3n) is 3.16. The smallest absolute Gasteiger partial charge is 0.253 e. The molecule has 0 bridgehead atoms. The van der Waals surface area contributed by atoms with Gasteiger partial charge in [0.1, 0.15) is 5.75 Å². The lowest BCUT2D eigenvalue weighted by molar-refractivity contribution is -0.120. The maximum Gasteiger partial charge on any atom is 0.253 e. The van der Waals surface area contributed by atoms with E-state index >= 15 is 0 Å². The first-order valence-corrected chi connectivity index (χ1v) is 9.06. The number of hydrogen-bond donors (Lipinski definition) is 1. The molecule has 0 fully saturated rings. The van der Waals surface area contributed by atoms with Crippen LogP contribution >= 0.6 is 11.8 Å². The molecule has 6 heteroatoms. The largest absolute Gasteiger partial charge is 0.493 e. The molecule has 0 aliphatic heterocycles. The number of aromatic nitrogens is 1. The first-order valence-electron chi connectivity index (χ1n) is 8.18. The number of hydrogen-bond acceptors (Lipinski definition) is 5. The maximum absolute atomic E-state index is 12.0. The van der Waals surface area contributed by atoms with Gasteiger partial charge in [-0.2, -0.15) is 5.10 Å². The van der Waals surface area contributed by atoms with E-state index in [1.165, 1.54) is 11.8 Å². The van der Waals surface area contributed by atoms with Crippen LogP contribution < -0.4 is 10.2 Å². The van der Waals surface area contributed by atoms with Gasteiger partial charge in [-0.3, -0.25) is 4.79 Å². The Balaban J connectivity index is 1.80. The van der Waals surface area contributed by atoms with E-state index in [-0.39, 0.29) is 11.2 Å². The lowest BCUT2D eigenvalue weighted by Crippen LogP contribution is -2.26. The van der Waals surface area contributed by atoms with Gasteiger partial charge in [0.05, 0.1) is 23.1 Å². The number of hydrazone groups is 1.